The van der Waals surface area contributed by atoms with Gasteiger partial charge in [-0.2, -0.15) is 0 Å². The van der Waals surface area contributed by atoms with Gasteiger partial charge in [-0.05, 0) is 43.0 Å². The van der Waals surface area contributed by atoms with E-state index in [1.54, 1.807) is 12.3 Å². The molecule has 3 rings (SSSR count). The van der Waals surface area contributed by atoms with Crippen molar-refractivity contribution in [1.82, 2.24) is 9.88 Å². The van der Waals surface area contributed by atoms with Gasteiger partial charge in [-0.15, -0.1) is 0 Å². The van der Waals surface area contributed by atoms with Gasteiger partial charge in [0.15, 0.2) is 0 Å². The molecule has 1 aromatic carbocycles. The van der Waals surface area contributed by atoms with Crippen molar-refractivity contribution in [1.29, 1.82) is 0 Å². The molecule has 2 aromatic rings. The number of pyridine rings is 1. The van der Waals surface area contributed by atoms with Gasteiger partial charge in [0.2, 0.25) is 0 Å². The summed E-state index contributed by atoms with van der Waals surface area (Å²) >= 11 is 6.04. The van der Waals surface area contributed by atoms with Gasteiger partial charge in [0.1, 0.15) is 5.82 Å². The Bertz CT molecular complexity index is 758. The zero-order valence-corrected chi connectivity index (χ0v) is 15.7. The zero-order chi connectivity index (χ0) is 18.5. The molecule has 0 aliphatic carbocycles. The number of nitrogen functional groups attached to an aromatic ring is 1. The molecule has 6 heteroatoms. The highest BCUT2D eigenvalue weighted by Crippen LogP contribution is 2.25. The third-order valence-corrected chi connectivity index (χ3v) is 4.87. The van der Waals surface area contributed by atoms with Crippen molar-refractivity contribution in [3.8, 4) is 11.1 Å². The molecule has 138 valence electrons. The first-order chi connectivity index (χ1) is 12.6. The molecule has 5 nitrogen and oxygen atoms in total. The lowest BCUT2D eigenvalue weighted by molar-refractivity contribution is 0.0526. The summed E-state index contributed by atoms with van der Waals surface area (Å²) < 4.78 is 5.69. The fraction of sp³-hybridized carbons (Fsp3) is 0.400. The lowest BCUT2D eigenvalue weighted by Gasteiger charge is -2.25. The molecule has 0 bridgehead atoms. The molecule has 0 spiro atoms. The molecule has 1 aromatic heterocycles. The first-order valence-electron chi connectivity index (χ1n) is 9.01. The number of nitrogens with two attached hydrogens (primary N) is 1. The minimum Gasteiger partial charge on any atom is -0.382 e. The first kappa shape index (κ1) is 18.7. The fourth-order valence-corrected chi connectivity index (χ4v) is 3.34. The number of carbonyl (C=O) groups excluding carboxylic acids is 1. The van der Waals surface area contributed by atoms with Crippen LogP contribution in [0.5, 0.6) is 0 Å². The molecule has 2 N–H and O–H groups in total. The third-order valence-electron chi connectivity index (χ3n) is 4.56. The number of benzene rings is 1. The highest BCUT2D eigenvalue weighted by atomic mass is 35.5. The standard InChI is InChI=1S/C20H24ClN3O2/c1-2-9-24(13-17-4-3-10-26-17)20(25)15-7-5-14(6-8-15)16-11-18(21)19(22)23-12-16/h5-8,11-12,17H,2-4,9-10,13H2,1H3,(H2,22,23). The topological polar surface area (TPSA) is 68.5 Å². The first-order valence-corrected chi connectivity index (χ1v) is 9.38. The Morgan fingerprint density at radius 2 is 2.12 bits per heavy atom. The van der Waals surface area contributed by atoms with Crippen molar-refractivity contribution < 1.29 is 9.53 Å². The Morgan fingerprint density at radius 3 is 2.73 bits per heavy atom. The van der Waals surface area contributed by atoms with Crippen molar-refractivity contribution in [2.75, 3.05) is 25.4 Å². The summed E-state index contributed by atoms with van der Waals surface area (Å²) in [4.78, 5) is 18.9. The van der Waals surface area contributed by atoms with Crippen molar-refractivity contribution in [2.45, 2.75) is 32.3 Å². The molecule has 0 saturated carbocycles. The number of carbonyl (C=O) groups is 1. The summed E-state index contributed by atoms with van der Waals surface area (Å²) in [7, 11) is 0. The molecule has 1 aliphatic rings. The largest absolute Gasteiger partial charge is 0.382 e. The summed E-state index contributed by atoms with van der Waals surface area (Å²) in [5.41, 5.74) is 8.14. The van der Waals surface area contributed by atoms with Crippen molar-refractivity contribution in [2.24, 2.45) is 0 Å². The van der Waals surface area contributed by atoms with E-state index >= 15 is 0 Å². The van der Waals surface area contributed by atoms with E-state index in [2.05, 4.69) is 11.9 Å². The van der Waals surface area contributed by atoms with Gasteiger partial charge < -0.3 is 15.4 Å². The molecule has 0 radical (unpaired) electrons. The number of hydrogen-bond donors (Lipinski definition) is 1. The van der Waals surface area contributed by atoms with Crippen LogP contribution in [-0.4, -0.2) is 41.6 Å². The molecule has 2 heterocycles. The smallest absolute Gasteiger partial charge is 0.253 e. The van der Waals surface area contributed by atoms with Crippen LogP contribution in [0.25, 0.3) is 11.1 Å². The van der Waals surface area contributed by atoms with E-state index < -0.39 is 0 Å². The van der Waals surface area contributed by atoms with E-state index in [-0.39, 0.29) is 12.0 Å². The molecule has 1 fully saturated rings. The average Bonchev–Trinajstić information content (AvgIpc) is 3.16. The Labute approximate surface area is 159 Å². The molecular weight excluding hydrogens is 350 g/mol. The van der Waals surface area contributed by atoms with Gasteiger partial charge in [0.25, 0.3) is 5.91 Å². The van der Waals surface area contributed by atoms with Crippen LogP contribution >= 0.6 is 11.6 Å². The monoisotopic (exact) mass is 373 g/mol. The molecule has 1 amide bonds. The maximum absolute atomic E-state index is 12.9. The number of ether oxygens (including phenoxy) is 1. The number of amides is 1. The molecular formula is C20H24ClN3O2. The van der Waals surface area contributed by atoms with Crippen LogP contribution in [0.3, 0.4) is 0 Å². The Kier molecular flexibility index (Phi) is 6.12. The second-order valence-corrected chi connectivity index (χ2v) is 6.96. The number of aromatic nitrogens is 1. The van der Waals surface area contributed by atoms with Crippen LogP contribution < -0.4 is 5.73 Å². The van der Waals surface area contributed by atoms with Crippen molar-refractivity contribution >= 4 is 23.3 Å². The van der Waals surface area contributed by atoms with E-state index in [1.807, 2.05) is 29.2 Å². The van der Waals surface area contributed by atoms with Crippen LogP contribution in [0.15, 0.2) is 36.5 Å². The van der Waals surface area contributed by atoms with E-state index in [9.17, 15) is 4.79 Å². The Morgan fingerprint density at radius 1 is 1.35 bits per heavy atom. The SMILES string of the molecule is CCCN(CC1CCCO1)C(=O)c1ccc(-c2cnc(N)c(Cl)c2)cc1. The van der Waals surface area contributed by atoms with Gasteiger partial charge in [-0.1, -0.05) is 30.7 Å². The highest BCUT2D eigenvalue weighted by Gasteiger charge is 2.23. The molecule has 1 unspecified atom stereocenters. The predicted octanol–water partition coefficient (Wildman–Crippen LogP) is 4.02. The molecule has 1 atom stereocenters. The predicted molar refractivity (Wildman–Crippen MR) is 104 cm³/mol. The van der Waals surface area contributed by atoms with Gasteiger partial charge in [0.05, 0.1) is 11.1 Å². The third kappa shape index (κ3) is 4.34. The van der Waals surface area contributed by atoms with Crippen LogP contribution in [0.2, 0.25) is 5.02 Å². The van der Waals surface area contributed by atoms with Gasteiger partial charge >= 0.3 is 0 Å². The number of anilines is 1. The van der Waals surface area contributed by atoms with Crippen LogP contribution in [0.4, 0.5) is 5.82 Å². The van der Waals surface area contributed by atoms with Gasteiger partial charge in [0, 0.05) is 37.0 Å². The van der Waals surface area contributed by atoms with E-state index in [4.69, 9.17) is 22.1 Å². The molecule has 1 aliphatic heterocycles. The zero-order valence-electron chi connectivity index (χ0n) is 15.0. The summed E-state index contributed by atoms with van der Waals surface area (Å²) in [5.74, 6) is 0.355. The van der Waals surface area contributed by atoms with E-state index in [0.717, 1.165) is 43.5 Å². The second kappa shape index (κ2) is 8.52. The highest BCUT2D eigenvalue weighted by molar-refractivity contribution is 6.33. The quantitative estimate of drug-likeness (QED) is 0.830. The summed E-state index contributed by atoms with van der Waals surface area (Å²) in [5, 5.41) is 0.424. The second-order valence-electron chi connectivity index (χ2n) is 6.55. The minimum absolute atomic E-state index is 0.0439. The van der Waals surface area contributed by atoms with Crippen molar-refractivity contribution in [3.05, 3.63) is 47.1 Å². The van der Waals surface area contributed by atoms with Crippen molar-refractivity contribution in [3.63, 3.8) is 0 Å². The average molecular weight is 374 g/mol. The maximum atomic E-state index is 12.9. The van der Waals surface area contributed by atoms with E-state index in [1.165, 1.54) is 0 Å². The molecule has 26 heavy (non-hydrogen) atoms. The Balaban J connectivity index is 1.74. The van der Waals surface area contributed by atoms with Crippen LogP contribution in [-0.2, 0) is 4.74 Å². The Hall–Kier alpha value is -2.11. The summed E-state index contributed by atoms with van der Waals surface area (Å²) in [6, 6.07) is 9.29. The summed E-state index contributed by atoms with van der Waals surface area (Å²) in [6.07, 6.45) is 4.86. The van der Waals surface area contributed by atoms with Gasteiger partial charge in [-0.3, -0.25) is 4.79 Å². The van der Waals surface area contributed by atoms with Crippen LogP contribution in [0, 0.1) is 0 Å². The van der Waals surface area contributed by atoms with Crippen LogP contribution in [0.1, 0.15) is 36.5 Å². The minimum atomic E-state index is 0.0439. The lowest BCUT2D eigenvalue weighted by Crippen LogP contribution is -2.37. The lowest BCUT2D eigenvalue weighted by atomic mass is 10.0. The number of hydrogen-bond acceptors (Lipinski definition) is 4. The summed E-state index contributed by atoms with van der Waals surface area (Å²) in [6.45, 7) is 4.27. The van der Waals surface area contributed by atoms with E-state index in [0.29, 0.717) is 22.9 Å². The maximum Gasteiger partial charge on any atom is 0.253 e. The number of nitrogens with zero attached hydrogens (tertiary/aromatic N) is 2. The molecule has 1 saturated heterocycles. The normalized spacial score (nSPS) is 16.6. The number of rotatable bonds is 6. The number of halogens is 1. The fourth-order valence-electron chi connectivity index (χ4n) is 3.17. The van der Waals surface area contributed by atoms with Gasteiger partial charge in [-0.25, -0.2) is 4.98 Å².